The lowest BCUT2D eigenvalue weighted by Gasteiger charge is -2.21. The number of hydrogen-bond acceptors (Lipinski definition) is 2. The SMILES string of the molecule is CCCN(CCC)C(=O)c1[nH]c2cc(OC)ccc2c1C. The molecule has 0 saturated carbocycles. The number of methoxy groups -OCH3 is 1. The van der Waals surface area contributed by atoms with Crippen LogP contribution in [-0.4, -0.2) is 36.0 Å². The molecule has 1 aromatic heterocycles. The molecule has 1 heterocycles. The van der Waals surface area contributed by atoms with Gasteiger partial charge in [0.25, 0.3) is 5.91 Å². The molecule has 1 amide bonds. The summed E-state index contributed by atoms with van der Waals surface area (Å²) < 4.78 is 5.24. The molecule has 0 aliphatic carbocycles. The molecule has 0 aliphatic rings. The zero-order chi connectivity index (χ0) is 15.4. The first-order chi connectivity index (χ1) is 10.1. The van der Waals surface area contributed by atoms with Crippen LogP contribution >= 0.6 is 0 Å². The fourth-order valence-corrected chi connectivity index (χ4v) is 2.67. The van der Waals surface area contributed by atoms with E-state index in [0.717, 1.165) is 48.1 Å². The number of nitrogens with zero attached hydrogens (tertiary/aromatic N) is 1. The van der Waals surface area contributed by atoms with Crippen molar-refractivity contribution in [3.8, 4) is 5.75 Å². The Kier molecular flexibility index (Phi) is 4.89. The number of hydrogen-bond donors (Lipinski definition) is 1. The van der Waals surface area contributed by atoms with Crippen molar-refractivity contribution >= 4 is 16.8 Å². The molecule has 114 valence electrons. The van der Waals surface area contributed by atoms with E-state index in [0.29, 0.717) is 5.69 Å². The van der Waals surface area contributed by atoms with Gasteiger partial charge in [0.05, 0.1) is 7.11 Å². The van der Waals surface area contributed by atoms with Gasteiger partial charge < -0.3 is 14.6 Å². The highest BCUT2D eigenvalue weighted by Crippen LogP contribution is 2.26. The van der Waals surface area contributed by atoms with Crippen molar-refractivity contribution < 1.29 is 9.53 Å². The monoisotopic (exact) mass is 288 g/mol. The van der Waals surface area contributed by atoms with E-state index in [2.05, 4.69) is 18.8 Å². The van der Waals surface area contributed by atoms with Crippen molar-refractivity contribution in [3.63, 3.8) is 0 Å². The van der Waals surface area contributed by atoms with Gasteiger partial charge in [-0.2, -0.15) is 0 Å². The molecule has 0 spiro atoms. The summed E-state index contributed by atoms with van der Waals surface area (Å²) in [6.45, 7) is 7.78. The van der Waals surface area contributed by atoms with Gasteiger partial charge in [-0.3, -0.25) is 4.79 Å². The number of aryl methyl sites for hydroxylation is 1. The maximum atomic E-state index is 12.7. The van der Waals surface area contributed by atoms with E-state index in [4.69, 9.17) is 4.74 Å². The molecule has 4 heteroatoms. The normalized spacial score (nSPS) is 10.9. The summed E-state index contributed by atoms with van der Waals surface area (Å²) in [6.07, 6.45) is 1.94. The fourth-order valence-electron chi connectivity index (χ4n) is 2.67. The molecule has 0 atom stereocenters. The number of ether oxygens (including phenoxy) is 1. The maximum absolute atomic E-state index is 12.7. The van der Waals surface area contributed by atoms with Crippen LogP contribution < -0.4 is 4.74 Å². The summed E-state index contributed by atoms with van der Waals surface area (Å²) in [5.41, 5.74) is 2.65. The van der Waals surface area contributed by atoms with Crippen LogP contribution in [0, 0.1) is 6.92 Å². The second-order valence-electron chi connectivity index (χ2n) is 5.33. The molecule has 4 nitrogen and oxygen atoms in total. The number of amides is 1. The lowest BCUT2D eigenvalue weighted by atomic mass is 10.1. The van der Waals surface area contributed by atoms with E-state index >= 15 is 0 Å². The van der Waals surface area contributed by atoms with Gasteiger partial charge >= 0.3 is 0 Å². The Balaban J connectivity index is 2.40. The fraction of sp³-hybridized carbons (Fsp3) is 0.471. The maximum Gasteiger partial charge on any atom is 0.270 e. The molecule has 0 bridgehead atoms. The van der Waals surface area contributed by atoms with Crippen LogP contribution in [0.4, 0.5) is 0 Å². The van der Waals surface area contributed by atoms with Crippen LogP contribution in [0.2, 0.25) is 0 Å². The number of rotatable bonds is 6. The molecule has 0 fully saturated rings. The van der Waals surface area contributed by atoms with E-state index < -0.39 is 0 Å². The molecular weight excluding hydrogens is 264 g/mol. The number of benzene rings is 1. The lowest BCUT2D eigenvalue weighted by Crippen LogP contribution is -2.33. The summed E-state index contributed by atoms with van der Waals surface area (Å²) in [4.78, 5) is 17.9. The van der Waals surface area contributed by atoms with Crippen LogP contribution in [0.25, 0.3) is 10.9 Å². The van der Waals surface area contributed by atoms with Crippen LogP contribution in [0.1, 0.15) is 42.7 Å². The van der Waals surface area contributed by atoms with E-state index in [-0.39, 0.29) is 5.91 Å². The van der Waals surface area contributed by atoms with Crippen LogP contribution in [0.3, 0.4) is 0 Å². The van der Waals surface area contributed by atoms with Gasteiger partial charge in [-0.15, -0.1) is 0 Å². The standard InChI is InChI=1S/C17H24N2O2/c1-5-9-19(10-6-2)17(20)16-12(3)14-8-7-13(21-4)11-15(14)18-16/h7-8,11,18H,5-6,9-10H2,1-4H3. The van der Waals surface area contributed by atoms with Crippen molar-refractivity contribution in [3.05, 3.63) is 29.5 Å². The number of nitrogens with one attached hydrogen (secondary N) is 1. The summed E-state index contributed by atoms with van der Waals surface area (Å²) in [5.74, 6) is 0.882. The first-order valence-electron chi connectivity index (χ1n) is 7.57. The third-order valence-corrected chi connectivity index (χ3v) is 3.75. The largest absolute Gasteiger partial charge is 0.497 e. The summed E-state index contributed by atoms with van der Waals surface area (Å²) in [7, 11) is 1.65. The molecule has 0 unspecified atom stereocenters. The predicted octanol–water partition coefficient (Wildman–Crippen LogP) is 3.75. The van der Waals surface area contributed by atoms with Gasteiger partial charge in [0, 0.05) is 30.1 Å². The predicted molar refractivity (Wildman–Crippen MR) is 86.1 cm³/mol. The van der Waals surface area contributed by atoms with Crippen molar-refractivity contribution in [2.75, 3.05) is 20.2 Å². The van der Waals surface area contributed by atoms with Crippen molar-refractivity contribution in [2.24, 2.45) is 0 Å². The third-order valence-electron chi connectivity index (χ3n) is 3.75. The first-order valence-corrected chi connectivity index (χ1v) is 7.57. The Labute approximate surface area is 126 Å². The highest BCUT2D eigenvalue weighted by atomic mass is 16.5. The average molecular weight is 288 g/mol. The van der Waals surface area contributed by atoms with E-state index in [9.17, 15) is 4.79 Å². The number of carbonyl (C=O) groups excluding carboxylic acids is 1. The van der Waals surface area contributed by atoms with Crippen LogP contribution in [0.15, 0.2) is 18.2 Å². The smallest absolute Gasteiger partial charge is 0.270 e. The van der Waals surface area contributed by atoms with Gasteiger partial charge in [0.2, 0.25) is 0 Å². The minimum atomic E-state index is 0.0892. The molecule has 2 aromatic rings. The summed E-state index contributed by atoms with van der Waals surface area (Å²) in [5, 5.41) is 1.08. The lowest BCUT2D eigenvalue weighted by molar-refractivity contribution is 0.0750. The molecule has 1 aromatic carbocycles. The highest BCUT2D eigenvalue weighted by molar-refractivity contribution is 6.01. The van der Waals surface area contributed by atoms with Crippen molar-refractivity contribution in [2.45, 2.75) is 33.6 Å². The summed E-state index contributed by atoms with van der Waals surface area (Å²) in [6, 6.07) is 5.86. The third kappa shape index (κ3) is 3.04. The Morgan fingerprint density at radius 2 is 1.90 bits per heavy atom. The Morgan fingerprint density at radius 3 is 2.48 bits per heavy atom. The average Bonchev–Trinajstić information content (AvgIpc) is 2.82. The Hall–Kier alpha value is -1.97. The number of fused-ring (bicyclic) bond motifs is 1. The van der Waals surface area contributed by atoms with E-state index in [1.165, 1.54) is 0 Å². The minimum absolute atomic E-state index is 0.0892. The number of aromatic nitrogens is 1. The number of carbonyl (C=O) groups is 1. The zero-order valence-corrected chi connectivity index (χ0v) is 13.3. The molecule has 21 heavy (non-hydrogen) atoms. The highest BCUT2D eigenvalue weighted by Gasteiger charge is 2.20. The molecule has 0 radical (unpaired) electrons. The number of H-pyrrole nitrogens is 1. The van der Waals surface area contributed by atoms with Crippen molar-refractivity contribution in [1.82, 2.24) is 9.88 Å². The molecule has 1 N–H and O–H groups in total. The van der Waals surface area contributed by atoms with Crippen LogP contribution in [0.5, 0.6) is 5.75 Å². The minimum Gasteiger partial charge on any atom is -0.497 e. The van der Waals surface area contributed by atoms with Gasteiger partial charge in [-0.1, -0.05) is 13.8 Å². The summed E-state index contributed by atoms with van der Waals surface area (Å²) >= 11 is 0. The molecule has 2 rings (SSSR count). The van der Waals surface area contributed by atoms with E-state index in [1.807, 2.05) is 30.0 Å². The molecule has 0 aliphatic heterocycles. The quantitative estimate of drug-likeness (QED) is 0.880. The second kappa shape index (κ2) is 6.66. The Bertz CT molecular complexity index is 625. The first kappa shape index (κ1) is 15.4. The van der Waals surface area contributed by atoms with Gasteiger partial charge in [0.15, 0.2) is 0 Å². The second-order valence-corrected chi connectivity index (χ2v) is 5.33. The molecular formula is C17H24N2O2. The topological polar surface area (TPSA) is 45.3 Å². The van der Waals surface area contributed by atoms with Gasteiger partial charge in [0.1, 0.15) is 11.4 Å². The van der Waals surface area contributed by atoms with Gasteiger partial charge in [-0.05, 0) is 37.5 Å². The number of aromatic amines is 1. The van der Waals surface area contributed by atoms with Crippen LogP contribution in [-0.2, 0) is 0 Å². The molecule has 0 saturated heterocycles. The van der Waals surface area contributed by atoms with Crippen molar-refractivity contribution in [1.29, 1.82) is 0 Å². The Morgan fingerprint density at radius 1 is 1.24 bits per heavy atom. The van der Waals surface area contributed by atoms with E-state index in [1.54, 1.807) is 7.11 Å². The van der Waals surface area contributed by atoms with Gasteiger partial charge in [-0.25, -0.2) is 0 Å². The zero-order valence-electron chi connectivity index (χ0n) is 13.3.